The lowest BCUT2D eigenvalue weighted by Gasteiger charge is -2.10. The molecule has 0 aliphatic carbocycles. The van der Waals surface area contributed by atoms with Crippen molar-refractivity contribution in [3.05, 3.63) is 52.2 Å². The number of aromatic nitrogens is 1. The number of amides is 1. The standard InChI is InChI=1S/C14H13N5O6S/c1-26(23,24)11-6-8(13(20)18-14(15)16)2-3-10(11)25-9-4-5-17-12(7-9)19(21)22/h2-7H,1H3,(H4,15,16,18,20). The molecule has 0 aliphatic heterocycles. The van der Waals surface area contributed by atoms with Crippen molar-refractivity contribution in [3.8, 4) is 11.5 Å². The van der Waals surface area contributed by atoms with Gasteiger partial charge in [-0.15, -0.1) is 0 Å². The molecule has 0 aliphatic rings. The number of hydrogen-bond acceptors (Lipinski definition) is 7. The lowest BCUT2D eigenvalue weighted by atomic mass is 10.2. The van der Waals surface area contributed by atoms with Crippen LogP contribution >= 0.6 is 0 Å². The van der Waals surface area contributed by atoms with Crippen LogP contribution in [0.3, 0.4) is 0 Å². The molecule has 0 unspecified atom stereocenters. The lowest BCUT2D eigenvalue weighted by molar-refractivity contribution is -0.389. The maximum atomic E-state index is 12.0. The van der Waals surface area contributed by atoms with E-state index < -0.39 is 32.4 Å². The Morgan fingerprint density at radius 1 is 1.27 bits per heavy atom. The van der Waals surface area contributed by atoms with Gasteiger partial charge in [-0.25, -0.2) is 8.42 Å². The van der Waals surface area contributed by atoms with Gasteiger partial charge in [0.15, 0.2) is 15.8 Å². The van der Waals surface area contributed by atoms with E-state index in [4.69, 9.17) is 16.2 Å². The third-order valence-corrected chi connectivity index (χ3v) is 4.07. The predicted octanol–water partition coefficient (Wildman–Crippen LogP) is 0.599. The summed E-state index contributed by atoms with van der Waals surface area (Å²) >= 11 is 0. The molecule has 2 aromatic rings. The summed E-state index contributed by atoms with van der Waals surface area (Å²) in [5.74, 6) is -1.90. The summed E-state index contributed by atoms with van der Waals surface area (Å²) in [6, 6.07) is 5.88. The molecule has 136 valence electrons. The number of ether oxygens (including phenoxy) is 1. The number of sulfone groups is 1. The van der Waals surface area contributed by atoms with Crippen LogP contribution in [-0.4, -0.2) is 36.4 Å². The van der Waals surface area contributed by atoms with Crippen LogP contribution in [0.1, 0.15) is 10.4 Å². The number of aliphatic imine (C=N–C) groups is 1. The van der Waals surface area contributed by atoms with Crippen LogP contribution in [0.4, 0.5) is 5.82 Å². The zero-order valence-corrected chi connectivity index (χ0v) is 14.1. The van der Waals surface area contributed by atoms with Gasteiger partial charge in [0.25, 0.3) is 5.91 Å². The molecule has 1 aromatic heterocycles. The number of nitro groups is 1. The highest BCUT2D eigenvalue weighted by molar-refractivity contribution is 7.90. The van der Waals surface area contributed by atoms with Gasteiger partial charge in [0.2, 0.25) is 0 Å². The summed E-state index contributed by atoms with van der Waals surface area (Å²) in [5.41, 5.74) is 10.2. The quantitative estimate of drug-likeness (QED) is 0.325. The van der Waals surface area contributed by atoms with Crippen LogP contribution in [0.15, 0.2) is 46.4 Å². The third-order valence-electron chi connectivity index (χ3n) is 2.95. The average Bonchev–Trinajstić information content (AvgIpc) is 2.53. The molecular formula is C14H13N5O6S. The third kappa shape index (κ3) is 4.51. The zero-order chi connectivity index (χ0) is 19.5. The van der Waals surface area contributed by atoms with Crippen molar-refractivity contribution in [2.75, 3.05) is 6.26 Å². The van der Waals surface area contributed by atoms with Gasteiger partial charge >= 0.3 is 5.82 Å². The Labute approximate surface area is 147 Å². The Morgan fingerprint density at radius 2 is 1.96 bits per heavy atom. The fraction of sp³-hybridized carbons (Fsp3) is 0.0714. The largest absolute Gasteiger partial charge is 0.456 e. The highest BCUT2D eigenvalue weighted by Crippen LogP contribution is 2.31. The van der Waals surface area contributed by atoms with Crippen molar-refractivity contribution in [2.24, 2.45) is 16.5 Å². The molecule has 1 heterocycles. The highest BCUT2D eigenvalue weighted by Gasteiger charge is 2.19. The summed E-state index contributed by atoms with van der Waals surface area (Å²) in [5, 5.41) is 10.8. The van der Waals surface area contributed by atoms with Gasteiger partial charge < -0.3 is 26.3 Å². The Balaban J connectivity index is 2.49. The molecule has 0 fully saturated rings. The number of nitrogens with zero attached hydrogens (tertiary/aromatic N) is 3. The van der Waals surface area contributed by atoms with E-state index in [1.807, 2.05) is 0 Å². The summed E-state index contributed by atoms with van der Waals surface area (Å²) in [4.78, 5) is 28.5. The first-order valence-electron chi connectivity index (χ1n) is 6.84. The molecule has 0 atom stereocenters. The lowest BCUT2D eigenvalue weighted by Crippen LogP contribution is -2.24. The first kappa shape index (κ1) is 18.8. The monoisotopic (exact) mass is 379 g/mol. The van der Waals surface area contributed by atoms with Crippen LogP contribution in [0.5, 0.6) is 11.5 Å². The fourth-order valence-corrected chi connectivity index (χ4v) is 2.70. The number of nitrogens with two attached hydrogens (primary N) is 2. The van der Waals surface area contributed by atoms with Crippen LogP contribution in [0, 0.1) is 10.1 Å². The summed E-state index contributed by atoms with van der Waals surface area (Å²) < 4.78 is 29.5. The van der Waals surface area contributed by atoms with Crippen LogP contribution < -0.4 is 16.2 Å². The van der Waals surface area contributed by atoms with Gasteiger partial charge in [0.1, 0.15) is 22.6 Å². The van der Waals surface area contributed by atoms with Gasteiger partial charge in [-0.3, -0.25) is 4.79 Å². The normalized spacial score (nSPS) is 10.8. The van der Waals surface area contributed by atoms with E-state index in [1.54, 1.807) is 0 Å². The van der Waals surface area contributed by atoms with Crippen molar-refractivity contribution in [1.82, 2.24) is 4.98 Å². The maximum Gasteiger partial charge on any atom is 0.367 e. The molecule has 0 saturated carbocycles. The van der Waals surface area contributed by atoms with Gasteiger partial charge in [0.05, 0.1) is 6.07 Å². The van der Waals surface area contributed by atoms with Gasteiger partial charge in [-0.2, -0.15) is 4.99 Å². The Kier molecular flexibility index (Phi) is 5.16. The second-order valence-corrected chi connectivity index (χ2v) is 6.97. The average molecular weight is 379 g/mol. The fourth-order valence-electron chi connectivity index (χ4n) is 1.89. The molecule has 0 radical (unpaired) electrons. The van der Waals surface area contributed by atoms with E-state index >= 15 is 0 Å². The zero-order valence-electron chi connectivity index (χ0n) is 13.3. The molecule has 2 rings (SSSR count). The van der Waals surface area contributed by atoms with E-state index in [2.05, 4.69) is 9.98 Å². The molecule has 1 amide bonds. The molecule has 4 N–H and O–H groups in total. The summed E-state index contributed by atoms with van der Waals surface area (Å²) in [6.07, 6.45) is 2.06. The van der Waals surface area contributed by atoms with Gasteiger partial charge in [0, 0.05) is 17.9 Å². The van der Waals surface area contributed by atoms with Crippen molar-refractivity contribution >= 4 is 27.5 Å². The van der Waals surface area contributed by atoms with Crippen LogP contribution in [0.25, 0.3) is 0 Å². The number of hydrogen-bond donors (Lipinski definition) is 2. The minimum atomic E-state index is -3.80. The first-order chi connectivity index (χ1) is 12.1. The van der Waals surface area contributed by atoms with E-state index in [-0.39, 0.29) is 22.0 Å². The van der Waals surface area contributed by atoms with Crippen molar-refractivity contribution in [1.29, 1.82) is 0 Å². The van der Waals surface area contributed by atoms with Crippen LogP contribution in [0.2, 0.25) is 0 Å². The number of guanidine groups is 1. The smallest absolute Gasteiger partial charge is 0.367 e. The highest BCUT2D eigenvalue weighted by atomic mass is 32.2. The summed E-state index contributed by atoms with van der Waals surface area (Å²) in [7, 11) is -3.80. The first-order valence-corrected chi connectivity index (χ1v) is 8.73. The van der Waals surface area contributed by atoms with Crippen LogP contribution in [-0.2, 0) is 9.84 Å². The van der Waals surface area contributed by atoms with Gasteiger partial charge in [-0.05, 0) is 28.1 Å². The number of carbonyl (C=O) groups is 1. The molecule has 26 heavy (non-hydrogen) atoms. The molecule has 0 spiro atoms. The maximum absolute atomic E-state index is 12.0. The number of rotatable bonds is 5. The topological polar surface area (TPSA) is 181 Å². The van der Waals surface area contributed by atoms with Crippen molar-refractivity contribution < 1.29 is 22.9 Å². The van der Waals surface area contributed by atoms with E-state index in [9.17, 15) is 23.3 Å². The number of carbonyl (C=O) groups excluding carboxylic acids is 1. The molecule has 11 nitrogen and oxygen atoms in total. The van der Waals surface area contributed by atoms with Gasteiger partial charge in [-0.1, -0.05) is 0 Å². The minimum Gasteiger partial charge on any atom is -0.456 e. The minimum absolute atomic E-state index is 0.0000926. The molecule has 1 aromatic carbocycles. The molecule has 0 saturated heterocycles. The SMILES string of the molecule is CS(=O)(=O)c1cc(C(=O)N=C(N)N)ccc1Oc1ccnc([N+](=O)[O-])c1. The number of benzene rings is 1. The van der Waals surface area contributed by atoms with E-state index in [0.717, 1.165) is 24.6 Å². The second kappa shape index (κ2) is 7.14. The molecular weight excluding hydrogens is 366 g/mol. The second-order valence-electron chi connectivity index (χ2n) is 4.98. The van der Waals surface area contributed by atoms with E-state index in [0.29, 0.717) is 0 Å². The van der Waals surface area contributed by atoms with E-state index in [1.165, 1.54) is 18.2 Å². The predicted molar refractivity (Wildman–Crippen MR) is 90.7 cm³/mol. The summed E-state index contributed by atoms with van der Waals surface area (Å²) in [6.45, 7) is 0. The van der Waals surface area contributed by atoms with Crippen molar-refractivity contribution in [2.45, 2.75) is 4.90 Å². The van der Waals surface area contributed by atoms with Crippen molar-refractivity contribution in [3.63, 3.8) is 0 Å². The molecule has 0 bridgehead atoms. The Morgan fingerprint density at radius 3 is 2.54 bits per heavy atom. The number of pyridine rings is 1. The Hall–Kier alpha value is -3.54. The Bertz CT molecular complexity index is 1010. The molecule has 12 heteroatoms.